The van der Waals surface area contributed by atoms with E-state index >= 15 is 0 Å². The zero-order valence-corrected chi connectivity index (χ0v) is 9.71. The average Bonchev–Trinajstić information content (AvgIpc) is 2.56. The molecule has 0 aliphatic heterocycles. The van der Waals surface area contributed by atoms with Gasteiger partial charge in [0.05, 0.1) is 11.2 Å². The van der Waals surface area contributed by atoms with Gasteiger partial charge in [-0.3, -0.25) is 4.68 Å². The van der Waals surface area contributed by atoms with Crippen LogP contribution in [0.5, 0.6) is 0 Å². The second kappa shape index (κ2) is 3.85. The number of fused-ring (bicyclic) bond motifs is 1. The highest BCUT2D eigenvalue weighted by atomic mass is 16.4. The lowest BCUT2D eigenvalue weighted by Gasteiger charge is -2.16. The number of para-hydroxylation sites is 1. The third-order valence-electron chi connectivity index (χ3n) is 2.81. The summed E-state index contributed by atoms with van der Waals surface area (Å²) in [5.74, 6) is -1.24. The predicted molar refractivity (Wildman–Crippen MR) is 62.7 cm³/mol. The zero-order valence-electron chi connectivity index (χ0n) is 9.71. The fourth-order valence-corrected chi connectivity index (χ4v) is 1.82. The van der Waals surface area contributed by atoms with Gasteiger partial charge in [0, 0.05) is 18.9 Å². The van der Waals surface area contributed by atoms with E-state index in [1.165, 1.54) is 6.92 Å². The fraction of sp³-hybridized carbons (Fsp3) is 0.333. The lowest BCUT2D eigenvalue weighted by molar-refractivity contribution is -0.156. The number of hydrogen-bond donors (Lipinski definition) is 2. The van der Waals surface area contributed by atoms with Crippen molar-refractivity contribution >= 4 is 16.9 Å². The smallest absolute Gasteiger partial charge is 0.335 e. The number of aryl methyl sites for hydroxylation is 1. The van der Waals surface area contributed by atoms with Crippen LogP contribution < -0.4 is 0 Å². The van der Waals surface area contributed by atoms with Crippen molar-refractivity contribution < 1.29 is 15.0 Å². The minimum atomic E-state index is -1.79. The third-order valence-corrected chi connectivity index (χ3v) is 2.81. The number of aliphatic carboxylic acids is 1. The predicted octanol–water partition coefficient (Wildman–Crippen LogP) is 0.951. The minimum absolute atomic E-state index is 0.0102. The number of hydrogen-bond acceptors (Lipinski definition) is 3. The maximum Gasteiger partial charge on any atom is 0.335 e. The van der Waals surface area contributed by atoms with Gasteiger partial charge in [-0.15, -0.1) is 0 Å². The van der Waals surface area contributed by atoms with Crippen molar-refractivity contribution in [2.24, 2.45) is 7.05 Å². The molecular formula is C12H14N2O3. The lowest BCUT2D eigenvalue weighted by atomic mass is 9.99. The maximum absolute atomic E-state index is 10.9. The summed E-state index contributed by atoms with van der Waals surface area (Å²) >= 11 is 0. The molecular weight excluding hydrogens is 220 g/mol. The molecule has 0 aliphatic carbocycles. The Morgan fingerprint density at radius 1 is 1.47 bits per heavy atom. The molecule has 0 aliphatic rings. The Labute approximate surface area is 98.3 Å². The molecule has 1 aromatic carbocycles. The van der Waals surface area contributed by atoms with E-state index in [9.17, 15) is 9.90 Å². The van der Waals surface area contributed by atoms with Crippen molar-refractivity contribution in [3.8, 4) is 0 Å². The van der Waals surface area contributed by atoms with E-state index in [2.05, 4.69) is 5.10 Å². The van der Waals surface area contributed by atoms with Gasteiger partial charge in [0.2, 0.25) is 0 Å². The molecule has 0 radical (unpaired) electrons. The van der Waals surface area contributed by atoms with Crippen LogP contribution in [0.15, 0.2) is 24.3 Å². The topological polar surface area (TPSA) is 75.3 Å². The lowest BCUT2D eigenvalue weighted by Crippen LogP contribution is -2.37. The van der Waals surface area contributed by atoms with E-state index in [0.717, 1.165) is 10.9 Å². The summed E-state index contributed by atoms with van der Waals surface area (Å²) in [6, 6.07) is 7.53. The fourth-order valence-electron chi connectivity index (χ4n) is 1.82. The largest absolute Gasteiger partial charge is 0.479 e. The third kappa shape index (κ3) is 2.01. The monoisotopic (exact) mass is 234 g/mol. The molecule has 90 valence electrons. The molecule has 0 spiro atoms. The van der Waals surface area contributed by atoms with Crippen molar-refractivity contribution in [2.45, 2.75) is 18.9 Å². The molecule has 5 nitrogen and oxygen atoms in total. The van der Waals surface area contributed by atoms with Gasteiger partial charge in [0.1, 0.15) is 0 Å². The van der Waals surface area contributed by atoms with E-state index in [4.69, 9.17) is 5.11 Å². The van der Waals surface area contributed by atoms with Gasteiger partial charge in [0.25, 0.3) is 0 Å². The Morgan fingerprint density at radius 3 is 2.76 bits per heavy atom. The highest BCUT2D eigenvalue weighted by molar-refractivity contribution is 5.83. The Morgan fingerprint density at radius 2 is 2.12 bits per heavy atom. The standard InChI is InChI=1S/C12H14N2O3/c1-12(17,11(15)16)7-9-8-5-3-4-6-10(8)14(2)13-9/h3-6,17H,7H2,1-2H3,(H,15,16). The first-order valence-electron chi connectivity index (χ1n) is 5.28. The van der Waals surface area contributed by atoms with Crippen LogP contribution >= 0.6 is 0 Å². The summed E-state index contributed by atoms with van der Waals surface area (Å²) in [4.78, 5) is 10.9. The number of aromatic nitrogens is 2. The second-order valence-corrected chi connectivity index (χ2v) is 4.34. The number of benzene rings is 1. The van der Waals surface area contributed by atoms with Gasteiger partial charge in [-0.1, -0.05) is 18.2 Å². The van der Waals surface area contributed by atoms with E-state index < -0.39 is 11.6 Å². The van der Waals surface area contributed by atoms with E-state index in [1.807, 2.05) is 24.3 Å². The molecule has 0 saturated carbocycles. The van der Waals surface area contributed by atoms with Crippen LogP contribution in [-0.2, 0) is 18.3 Å². The van der Waals surface area contributed by atoms with E-state index in [1.54, 1.807) is 11.7 Å². The van der Waals surface area contributed by atoms with Gasteiger partial charge in [-0.2, -0.15) is 5.10 Å². The number of carbonyl (C=O) groups is 1. The first-order valence-corrected chi connectivity index (χ1v) is 5.28. The minimum Gasteiger partial charge on any atom is -0.479 e. The summed E-state index contributed by atoms with van der Waals surface area (Å²) < 4.78 is 1.68. The van der Waals surface area contributed by atoms with Crippen LogP contribution in [0.25, 0.3) is 10.9 Å². The molecule has 2 rings (SSSR count). The molecule has 2 aromatic rings. The van der Waals surface area contributed by atoms with Gasteiger partial charge in [-0.25, -0.2) is 4.79 Å². The van der Waals surface area contributed by atoms with Crippen LogP contribution in [0.3, 0.4) is 0 Å². The summed E-state index contributed by atoms with van der Waals surface area (Å²) in [5, 5.41) is 23.8. The molecule has 0 amide bonds. The summed E-state index contributed by atoms with van der Waals surface area (Å²) in [6.07, 6.45) is -0.0102. The molecule has 1 atom stereocenters. The number of aliphatic hydroxyl groups is 1. The SMILES string of the molecule is Cn1nc(CC(C)(O)C(=O)O)c2ccccc21. The Hall–Kier alpha value is -1.88. The molecule has 0 bridgehead atoms. The summed E-state index contributed by atoms with van der Waals surface area (Å²) in [5.41, 5.74) is -0.281. The van der Waals surface area contributed by atoms with E-state index in [0.29, 0.717) is 5.69 Å². The highest BCUT2D eigenvalue weighted by Crippen LogP contribution is 2.21. The van der Waals surface area contributed by atoms with Crippen molar-refractivity contribution in [2.75, 3.05) is 0 Å². The molecule has 2 N–H and O–H groups in total. The van der Waals surface area contributed by atoms with Gasteiger partial charge in [0.15, 0.2) is 5.60 Å². The number of carboxylic acids is 1. The van der Waals surface area contributed by atoms with Gasteiger partial charge in [-0.05, 0) is 13.0 Å². The van der Waals surface area contributed by atoms with Crippen molar-refractivity contribution in [1.82, 2.24) is 9.78 Å². The van der Waals surface area contributed by atoms with Crippen LogP contribution in [0.4, 0.5) is 0 Å². The second-order valence-electron chi connectivity index (χ2n) is 4.34. The van der Waals surface area contributed by atoms with E-state index in [-0.39, 0.29) is 6.42 Å². The van der Waals surface area contributed by atoms with Crippen LogP contribution in [0.2, 0.25) is 0 Å². The van der Waals surface area contributed by atoms with Crippen LogP contribution in [0.1, 0.15) is 12.6 Å². The molecule has 1 unspecified atom stereocenters. The molecule has 0 saturated heterocycles. The number of carboxylic acid groups (broad SMARTS) is 1. The Balaban J connectivity index is 2.47. The van der Waals surface area contributed by atoms with Crippen LogP contribution in [-0.4, -0.2) is 31.6 Å². The first-order chi connectivity index (χ1) is 7.92. The molecule has 1 aromatic heterocycles. The summed E-state index contributed by atoms with van der Waals surface area (Å²) in [6.45, 7) is 1.28. The van der Waals surface area contributed by atoms with Gasteiger partial charge >= 0.3 is 5.97 Å². The average molecular weight is 234 g/mol. The molecule has 17 heavy (non-hydrogen) atoms. The first kappa shape index (κ1) is 11.6. The van der Waals surface area contributed by atoms with Crippen molar-refractivity contribution in [1.29, 1.82) is 0 Å². The highest BCUT2D eigenvalue weighted by Gasteiger charge is 2.32. The number of rotatable bonds is 3. The number of nitrogens with zero attached hydrogens (tertiary/aromatic N) is 2. The summed E-state index contributed by atoms with van der Waals surface area (Å²) in [7, 11) is 1.79. The maximum atomic E-state index is 10.9. The molecule has 5 heteroatoms. The van der Waals surface area contributed by atoms with Crippen molar-refractivity contribution in [3.63, 3.8) is 0 Å². The molecule has 0 fully saturated rings. The normalized spacial score (nSPS) is 14.8. The quantitative estimate of drug-likeness (QED) is 0.829. The van der Waals surface area contributed by atoms with Crippen LogP contribution in [0, 0.1) is 0 Å². The van der Waals surface area contributed by atoms with Gasteiger partial charge < -0.3 is 10.2 Å². The van der Waals surface area contributed by atoms with Crippen molar-refractivity contribution in [3.05, 3.63) is 30.0 Å². The zero-order chi connectivity index (χ0) is 12.6. The molecule has 1 heterocycles. The Bertz CT molecular complexity index is 572. The Kier molecular flexibility index (Phi) is 2.63.